The van der Waals surface area contributed by atoms with Gasteiger partial charge in [-0.2, -0.15) is 5.10 Å². The lowest BCUT2D eigenvalue weighted by Crippen LogP contribution is -2.37. The summed E-state index contributed by atoms with van der Waals surface area (Å²) in [6, 6.07) is 4.51. The summed E-state index contributed by atoms with van der Waals surface area (Å²) >= 11 is 0. The van der Waals surface area contributed by atoms with Gasteiger partial charge in [-0.25, -0.2) is 4.79 Å². The maximum atomic E-state index is 12.2. The van der Waals surface area contributed by atoms with Crippen LogP contribution in [0.2, 0.25) is 0 Å². The number of amides is 1. The van der Waals surface area contributed by atoms with Crippen molar-refractivity contribution >= 4 is 11.9 Å². The number of hydrogen-bond donors (Lipinski definition) is 2. The smallest absolute Gasteiger partial charge is 0.356 e. The fourth-order valence-electron chi connectivity index (χ4n) is 2.04. The highest BCUT2D eigenvalue weighted by atomic mass is 16.4. The molecule has 2 atom stereocenters. The molecule has 0 saturated heterocycles. The van der Waals surface area contributed by atoms with E-state index in [2.05, 4.69) is 10.4 Å². The summed E-state index contributed by atoms with van der Waals surface area (Å²) in [6.45, 7) is 3.59. The van der Waals surface area contributed by atoms with Gasteiger partial charge in [0.2, 0.25) is 5.91 Å². The van der Waals surface area contributed by atoms with Crippen LogP contribution < -0.4 is 5.32 Å². The predicted molar refractivity (Wildman–Crippen MR) is 78.5 cm³/mol. The van der Waals surface area contributed by atoms with E-state index in [9.17, 15) is 9.59 Å². The van der Waals surface area contributed by atoms with E-state index in [-0.39, 0.29) is 17.6 Å². The maximum Gasteiger partial charge on any atom is 0.356 e. The lowest BCUT2D eigenvalue weighted by Gasteiger charge is -2.17. The molecule has 0 fully saturated rings. The minimum atomic E-state index is -1.11. The van der Waals surface area contributed by atoms with Crippen LogP contribution in [0.4, 0.5) is 0 Å². The lowest BCUT2D eigenvalue weighted by molar-refractivity contribution is -0.124. The Kier molecular flexibility index (Phi) is 4.98. The molecule has 0 aromatic carbocycles. The van der Waals surface area contributed by atoms with Crippen molar-refractivity contribution in [3.63, 3.8) is 0 Å². The third-order valence-corrected chi connectivity index (χ3v) is 3.40. The molecule has 2 aromatic rings. The molecule has 2 aromatic heterocycles. The second-order valence-electron chi connectivity index (χ2n) is 5.19. The molecule has 1 amide bonds. The molecule has 0 aliphatic rings. The van der Waals surface area contributed by atoms with Gasteiger partial charge in [-0.05, 0) is 38.5 Å². The molecular weight excluding hydrogens is 286 g/mol. The van der Waals surface area contributed by atoms with Gasteiger partial charge in [0, 0.05) is 18.7 Å². The van der Waals surface area contributed by atoms with E-state index >= 15 is 0 Å². The summed E-state index contributed by atoms with van der Waals surface area (Å²) in [5.74, 6) is -0.433. The van der Waals surface area contributed by atoms with Gasteiger partial charge >= 0.3 is 5.97 Å². The Labute approximate surface area is 127 Å². The molecule has 7 nitrogen and oxygen atoms in total. The standard InChI is InChI=1S/C15H19N3O4/c1-10(5-6-12-4-3-9-22-12)16-14(19)11(2)18-8-7-13(17-18)15(20)21/h3-4,7-11H,5-6H2,1-2H3,(H,16,19)(H,20,21). The summed E-state index contributed by atoms with van der Waals surface area (Å²) < 4.78 is 6.59. The Morgan fingerprint density at radius 1 is 1.41 bits per heavy atom. The van der Waals surface area contributed by atoms with Gasteiger partial charge in [0.15, 0.2) is 5.69 Å². The Morgan fingerprint density at radius 2 is 2.18 bits per heavy atom. The first-order chi connectivity index (χ1) is 10.5. The fourth-order valence-corrected chi connectivity index (χ4v) is 2.04. The van der Waals surface area contributed by atoms with Crippen molar-refractivity contribution < 1.29 is 19.1 Å². The van der Waals surface area contributed by atoms with Gasteiger partial charge in [0.05, 0.1) is 6.26 Å². The molecule has 0 spiro atoms. The van der Waals surface area contributed by atoms with Crippen LogP contribution in [-0.4, -0.2) is 32.8 Å². The van der Waals surface area contributed by atoms with Crippen molar-refractivity contribution in [2.24, 2.45) is 0 Å². The van der Waals surface area contributed by atoms with Gasteiger partial charge in [0.25, 0.3) is 0 Å². The molecule has 0 aliphatic heterocycles. The van der Waals surface area contributed by atoms with Gasteiger partial charge in [-0.1, -0.05) is 0 Å². The summed E-state index contributed by atoms with van der Waals surface area (Å²) in [5, 5.41) is 15.6. The maximum absolute atomic E-state index is 12.2. The van der Waals surface area contributed by atoms with Crippen molar-refractivity contribution in [3.8, 4) is 0 Å². The monoisotopic (exact) mass is 305 g/mol. The van der Waals surface area contributed by atoms with Crippen molar-refractivity contribution in [1.82, 2.24) is 15.1 Å². The molecule has 2 unspecified atom stereocenters. The van der Waals surface area contributed by atoms with Crippen LogP contribution in [0.3, 0.4) is 0 Å². The van der Waals surface area contributed by atoms with Gasteiger partial charge in [-0.3, -0.25) is 9.48 Å². The topological polar surface area (TPSA) is 97.4 Å². The van der Waals surface area contributed by atoms with E-state index in [4.69, 9.17) is 9.52 Å². The summed E-state index contributed by atoms with van der Waals surface area (Å²) in [4.78, 5) is 22.9. The number of furan rings is 1. The average molecular weight is 305 g/mol. The highest BCUT2D eigenvalue weighted by Gasteiger charge is 2.19. The zero-order valence-corrected chi connectivity index (χ0v) is 12.5. The van der Waals surface area contributed by atoms with E-state index < -0.39 is 12.0 Å². The number of nitrogens with zero attached hydrogens (tertiary/aromatic N) is 2. The molecule has 0 bridgehead atoms. The molecule has 118 valence electrons. The molecule has 2 heterocycles. The minimum Gasteiger partial charge on any atom is -0.476 e. The van der Waals surface area contributed by atoms with E-state index in [0.29, 0.717) is 0 Å². The van der Waals surface area contributed by atoms with Crippen LogP contribution in [0, 0.1) is 0 Å². The molecule has 2 N–H and O–H groups in total. The number of carboxylic acid groups (broad SMARTS) is 1. The number of carbonyl (C=O) groups excluding carboxylic acids is 1. The molecular formula is C15H19N3O4. The molecule has 2 rings (SSSR count). The van der Waals surface area contributed by atoms with E-state index in [1.807, 2.05) is 19.1 Å². The summed E-state index contributed by atoms with van der Waals surface area (Å²) in [7, 11) is 0. The number of aromatic nitrogens is 2. The first kappa shape index (κ1) is 15.8. The number of carbonyl (C=O) groups is 2. The zero-order valence-electron chi connectivity index (χ0n) is 12.5. The third kappa shape index (κ3) is 3.97. The number of hydrogen-bond acceptors (Lipinski definition) is 4. The Bertz CT molecular complexity index is 633. The Balaban J connectivity index is 1.85. The van der Waals surface area contributed by atoms with Crippen LogP contribution in [0.5, 0.6) is 0 Å². The quantitative estimate of drug-likeness (QED) is 0.814. The van der Waals surface area contributed by atoms with Crippen molar-refractivity contribution in [3.05, 3.63) is 42.1 Å². The highest BCUT2D eigenvalue weighted by Crippen LogP contribution is 2.09. The molecule has 7 heteroatoms. The van der Waals surface area contributed by atoms with E-state index in [0.717, 1.165) is 18.6 Å². The van der Waals surface area contributed by atoms with Gasteiger partial charge in [-0.15, -0.1) is 0 Å². The fraction of sp³-hybridized carbons (Fsp3) is 0.400. The number of aryl methyl sites for hydroxylation is 1. The molecule has 22 heavy (non-hydrogen) atoms. The molecule has 0 saturated carbocycles. The minimum absolute atomic E-state index is 0.0189. The Hall–Kier alpha value is -2.57. The lowest BCUT2D eigenvalue weighted by atomic mass is 10.1. The molecule has 0 aliphatic carbocycles. The third-order valence-electron chi connectivity index (χ3n) is 3.40. The van der Waals surface area contributed by atoms with Gasteiger partial charge < -0.3 is 14.8 Å². The van der Waals surface area contributed by atoms with Crippen LogP contribution in [0.25, 0.3) is 0 Å². The summed E-state index contributed by atoms with van der Waals surface area (Å²) in [5.41, 5.74) is -0.0782. The van der Waals surface area contributed by atoms with Crippen molar-refractivity contribution in [2.75, 3.05) is 0 Å². The zero-order chi connectivity index (χ0) is 16.1. The van der Waals surface area contributed by atoms with Crippen LogP contribution in [0.15, 0.2) is 35.1 Å². The van der Waals surface area contributed by atoms with Crippen LogP contribution >= 0.6 is 0 Å². The number of rotatable bonds is 7. The Morgan fingerprint density at radius 3 is 2.77 bits per heavy atom. The van der Waals surface area contributed by atoms with Gasteiger partial charge in [0.1, 0.15) is 11.8 Å². The number of carboxylic acids is 1. The predicted octanol–water partition coefficient (Wildman–Crippen LogP) is 1.87. The van der Waals surface area contributed by atoms with Crippen LogP contribution in [-0.2, 0) is 11.2 Å². The average Bonchev–Trinajstić information content (AvgIpc) is 3.15. The van der Waals surface area contributed by atoms with Crippen molar-refractivity contribution in [2.45, 2.75) is 38.8 Å². The second kappa shape index (κ2) is 6.93. The first-order valence-corrected chi connectivity index (χ1v) is 7.08. The summed E-state index contributed by atoms with van der Waals surface area (Å²) in [6.07, 6.45) is 4.61. The SMILES string of the molecule is CC(CCc1ccco1)NC(=O)C(C)n1ccc(C(=O)O)n1. The van der Waals surface area contributed by atoms with E-state index in [1.165, 1.54) is 16.9 Å². The highest BCUT2D eigenvalue weighted by molar-refractivity contribution is 5.85. The van der Waals surface area contributed by atoms with E-state index in [1.54, 1.807) is 13.2 Å². The number of aromatic carboxylic acids is 1. The second-order valence-corrected chi connectivity index (χ2v) is 5.19. The number of nitrogens with one attached hydrogen (secondary N) is 1. The first-order valence-electron chi connectivity index (χ1n) is 7.08. The van der Waals surface area contributed by atoms with Crippen LogP contribution in [0.1, 0.15) is 42.6 Å². The largest absolute Gasteiger partial charge is 0.476 e. The normalized spacial score (nSPS) is 13.5. The molecule has 0 radical (unpaired) electrons. The van der Waals surface area contributed by atoms with Crippen molar-refractivity contribution in [1.29, 1.82) is 0 Å².